The van der Waals surface area contributed by atoms with Crippen molar-refractivity contribution < 1.29 is 19.1 Å². The Kier molecular flexibility index (Phi) is 6.07. The van der Waals surface area contributed by atoms with E-state index >= 15 is 0 Å². The molecule has 0 aliphatic rings. The molecular weight excluding hydrogens is 312 g/mol. The molecule has 8 nitrogen and oxygen atoms in total. The molecule has 0 aliphatic carbocycles. The molecule has 0 bridgehead atoms. The van der Waals surface area contributed by atoms with Crippen molar-refractivity contribution in [3.63, 3.8) is 0 Å². The second-order valence-corrected chi connectivity index (χ2v) is 4.46. The summed E-state index contributed by atoms with van der Waals surface area (Å²) in [6, 6.07) is 7.07. The average Bonchev–Trinajstić information content (AvgIpc) is 3.05. The maximum absolute atomic E-state index is 11.9. The molecule has 0 unspecified atom stereocenters. The lowest BCUT2D eigenvalue weighted by molar-refractivity contribution is -0.146. The van der Waals surface area contributed by atoms with Gasteiger partial charge in [-0.3, -0.25) is 0 Å². The molecule has 1 N–H and O–H groups in total. The quantitative estimate of drug-likeness (QED) is 0.357. The van der Waals surface area contributed by atoms with Crippen LogP contribution in [0.2, 0.25) is 0 Å². The summed E-state index contributed by atoms with van der Waals surface area (Å²) in [4.78, 5) is 28.0. The highest BCUT2D eigenvalue weighted by Crippen LogP contribution is 2.13. The Balaban J connectivity index is 2.25. The number of nitrogens with one attached hydrogen (secondary N) is 1. The number of hydrogen-bond donors (Lipinski definition) is 1. The highest BCUT2D eigenvalue weighted by atomic mass is 16.6. The van der Waals surface area contributed by atoms with Crippen LogP contribution < -0.4 is 5.32 Å². The van der Waals surface area contributed by atoms with Crippen molar-refractivity contribution in [2.24, 2.45) is 0 Å². The van der Waals surface area contributed by atoms with Crippen LogP contribution >= 0.6 is 0 Å². The Morgan fingerprint density at radius 1 is 1.12 bits per heavy atom. The van der Waals surface area contributed by atoms with Gasteiger partial charge in [-0.2, -0.15) is 9.78 Å². The summed E-state index contributed by atoms with van der Waals surface area (Å²) >= 11 is 0. The fraction of sp³-hybridized carbons (Fsp3) is 0.250. The molecule has 2 aromatic rings. The van der Waals surface area contributed by atoms with Crippen LogP contribution in [0.4, 0.5) is 5.82 Å². The molecule has 2 aromatic heterocycles. The number of anilines is 1. The Hall–Kier alpha value is -3.16. The van der Waals surface area contributed by atoms with Gasteiger partial charge in [0.1, 0.15) is 5.82 Å². The van der Waals surface area contributed by atoms with Crippen LogP contribution in [0, 0.1) is 0 Å². The topological polar surface area (TPSA) is 95.3 Å². The number of hydrogen-bond acceptors (Lipinski definition) is 7. The van der Waals surface area contributed by atoms with Gasteiger partial charge in [0.15, 0.2) is 11.4 Å². The van der Waals surface area contributed by atoms with Crippen molar-refractivity contribution in [1.82, 2.24) is 14.8 Å². The van der Waals surface area contributed by atoms with Crippen LogP contribution in [0.15, 0.2) is 48.4 Å². The third-order valence-electron chi connectivity index (χ3n) is 2.86. The van der Waals surface area contributed by atoms with Crippen LogP contribution in [0.5, 0.6) is 0 Å². The summed E-state index contributed by atoms with van der Waals surface area (Å²) < 4.78 is 11.3. The Morgan fingerprint density at radius 2 is 1.83 bits per heavy atom. The summed E-state index contributed by atoms with van der Waals surface area (Å²) in [7, 11) is 0. The van der Waals surface area contributed by atoms with Gasteiger partial charge in [0, 0.05) is 18.5 Å². The minimum atomic E-state index is -0.757. The van der Waals surface area contributed by atoms with Crippen molar-refractivity contribution in [2.75, 3.05) is 18.5 Å². The van der Waals surface area contributed by atoms with Gasteiger partial charge in [-0.15, -0.1) is 0 Å². The van der Waals surface area contributed by atoms with E-state index in [2.05, 4.69) is 15.4 Å². The summed E-state index contributed by atoms with van der Waals surface area (Å²) in [6.07, 6.45) is 4.45. The highest BCUT2D eigenvalue weighted by molar-refractivity contribution is 6.14. The Bertz CT molecular complexity index is 705. The van der Waals surface area contributed by atoms with E-state index in [1.54, 1.807) is 44.4 Å². The first-order chi connectivity index (χ1) is 11.7. The van der Waals surface area contributed by atoms with E-state index in [1.165, 1.54) is 10.9 Å². The normalized spacial score (nSPS) is 9.92. The lowest BCUT2D eigenvalue weighted by Crippen LogP contribution is -2.19. The van der Waals surface area contributed by atoms with Gasteiger partial charge in [0.25, 0.3) is 0 Å². The van der Waals surface area contributed by atoms with Gasteiger partial charge in [-0.05, 0) is 26.0 Å². The van der Waals surface area contributed by atoms with Crippen molar-refractivity contribution in [3.05, 3.63) is 48.4 Å². The van der Waals surface area contributed by atoms with Crippen LogP contribution in [-0.2, 0) is 19.1 Å². The van der Waals surface area contributed by atoms with E-state index in [9.17, 15) is 9.59 Å². The van der Waals surface area contributed by atoms with Crippen molar-refractivity contribution >= 4 is 17.8 Å². The van der Waals surface area contributed by atoms with Crippen molar-refractivity contribution in [2.45, 2.75) is 13.8 Å². The number of carbonyl (C=O) groups excluding carboxylic acids is 2. The molecule has 0 spiro atoms. The van der Waals surface area contributed by atoms with Gasteiger partial charge in [-0.1, -0.05) is 6.07 Å². The summed E-state index contributed by atoms with van der Waals surface area (Å²) in [6.45, 7) is 3.62. The van der Waals surface area contributed by atoms with Crippen molar-refractivity contribution in [1.29, 1.82) is 0 Å². The number of ether oxygens (including phenoxy) is 2. The van der Waals surface area contributed by atoms with E-state index in [4.69, 9.17) is 9.47 Å². The predicted octanol–water partition coefficient (Wildman–Crippen LogP) is 1.69. The molecule has 2 heterocycles. The van der Waals surface area contributed by atoms with Crippen LogP contribution in [0.3, 0.4) is 0 Å². The standard InChI is InChI=1S/C16H18N4O4/c1-3-23-15(21)12(16(22)24-4-2)11-18-14-8-10-19-20(14)13-7-5-6-9-17-13/h5-11,18H,3-4H2,1-2H3. The molecule has 0 saturated heterocycles. The lowest BCUT2D eigenvalue weighted by atomic mass is 10.3. The Labute approximate surface area is 139 Å². The first-order valence-corrected chi connectivity index (χ1v) is 7.43. The summed E-state index contributed by atoms with van der Waals surface area (Å²) in [5, 5.41) is 7.02. The number of carbonyl (C=O) groups is 2. The zero-order valence-electron chi connectivity index (χ0n) is 13.4. The molecule has 0 radical (unpaired) electrons. The van der Waals surface area contributed by atoms with E-state index in [1.807, 2.05) is 6.07 Å². The summed E-state index contributed by atoms with van der Waals surface area (Å²) in [5.74, 6) is -0.397. The van der Waals surface area contributed by atoms with E-state index in [0.717, 1.165) is 0 Å². The lowest BCUT2D eigenvalue weighted by Gasteiger charge is -2.09. The average molecular weight is 330 g/mol. The molecule has 0 aliphatic heterocycles. The largest absolute Gasteiger partial charge is 0.462 e. The van der Waals surface area contributed by atoms with Crippen LogP contribution in [-0.4, -0.2) is 39.9 Å². The molecule has 0 fully saturated rings. The molecule has 2 rings (SSSR count). The molecule has 8 heteroatoms. The maximum atomic E-state index is 11.9. The molecule has 0 saturated carbocycles. The van der Waals surface area contributed by atoms with Crippen molar-refractivity contribution in [3.8, 4) is 5.82 Å². The van der Waals surface area contributed by atoms with Gasteiger partial charge in [0.2, 0.25) is 0 Å². The zero-order valence-corrected chi connectivity index (χ0v) is 13.4. The third kappa shape index (κ3) is 4.19. The molecule has 24 heavy (non-hydrogen) atoms. The summed E-state index contributed by atoms with van der Waals surface area (Å²) in [5.41, 5.74) is -0.229. The number of rotatable bonds is 7. The first kappa shape index (κ1) is 17.2. The number of esters is 2. The fourth-order valence-electron chi connectivity index (χ4n) is 1.84. The van der Waals surface area contributed by atoms with Crippen LogP contribution in [0.1, 0.15) is 13.8 Å². The Morgan fingerprint density at radius 3 is 2.42 bits per heavy atom. The van der Waals surface area contributed by atoms with Gasteiger partial charge in [0.05, 0.1) is 19.4 Å². The van der Waals surface area contributed by atoms with Gasteiger partial charge in [-0.25, -0.2) is 14.6 Å². The second kappa shape index (κ2) is 8.47. The predicted molar refractivity (Wildman–Crippen MR) is 86.3 cm³/mol. The van der Waals surface area contributed by atoms with E-state index in [-0.39, 0.29) is 18.8 Å². The third-order valence-corrected chi connectivity index (χ3v) is 2.86. The molecule has 0 atom stereocenters. The zero-order chi connectivity index (χ0) is 17.4. The number of pyridine rings is 1. The van der Waals surface area contributed by atoms with Crippen LogP contribution in [0.25, 0.3) is 5.82 Å². The van der Waals surface area contributed by atoms with Gasteiger partial charge >= 0.3 is 11.9 Å². The van der Waals surface area contributed by atoms with Gasteiger partial charge < -0.3 is 14.8 Å². The smallest absolute Gasteiger partial charge is 0.347 e. The first-order valence-electron chi connectivity index (χ1n) is 7.43. The highest BCUT2D eigenvalue weighted by Gasteiger charge is 2.21. The van der Waals surface area contributed by atoms with E-state index < -0.39 is 11.9 Å². The second-order valence-electron chi connectivity index (χ2n) is 4.46. The molecule has 0 amide bonds. The molecular formula is C16H18N4O4. The molecule has 0 aromatic carbocycles. The minimum absolute atomic E-state index is 0.154. The number of nitrogens with zero attached hydrogens (tertiary/aromatic N) is 3. The number of aromatic nitrogens is 3. The monoisotopic (exact) mass is 330 g/mol. The SMILES string of the molecule is CCOC(=O)C(=CNc1ccnn1-c1ccccn1)C(=O)OCC. The van der Waals surface area contributed by atoms with E-state index in [0.29, 0.717) is 11.6 Å². The molecule has 126 valence electrons. The fourth-order valence-corrected chi connectivity index (χ4v) is 1.84. The maximum Gasteiger partial charge on any atom is 0.347 e. The minimum Gasteiger partial charge on any atom is -0.462 e.